The van der Waals surface area contributed by atoms with E-state index in [1.165, 1.54) is 7.11 Å². The molecule has 1 aliphatic carbocycles. The van der Waals surface area contributed by atoms with Crippen molar-refractivity contribution in [1.82, 2.24) is 0 Å². The molecule has 116 valence electrons. The van der Waals surface area contributed by atoms with E-state index in [2.05, 4.69) is 4.74 Å². The highest BCUT2D eigenvalue weighted by atomic mass is 32.2. The Morgan fingerprint density at radius 3 is 2.65 bits per heavy atom. The monoisotopic (exact) mass is 307 g/mol. The SMILES string of the molecule is COC(=O)CCS(=O)(=O)C1CC2(CCC1N)OCCO2. The van der Waals surface area contributed by atoms with Crippen molar-refractivity contribution in [2.75, 3.05) is 26.1 Å². The van der Waals surface area contributed by atoms with Crippen LogP contribution in [0.3, 0.4) is 0 Å². The number of hydrogen-bond acceptors (Lipinski definition) is 7. The van der Waals surface area contributed by atoms with E-state index in [9.17, 15) is 13.2 Å². The summed E-state index contributed by atoms with van der Waals surface area (Å²) in [5.74, 6) is -1.60. The summed E-state index contributed by atoms with van der Waals surface area (Å²) in [7, 11) is -2.25. The summed E-state index contributed by atoms with van der Waals surface area (Å²) in [4.78, 5) is 11.1. The van der Waals surface area contributed by atoms with Gasteiger partial charge < -0.3 is 19.9 Å². The van der Waals surface area contributed by atoms with Crippen molar-refractivity contribution < 1.29 is 27.4 Å². The molecule has 0 bridgehead atoms. The molecule has 0 aromatic rings. The van der Waals surface area contributed by atoms with Gasteiger partial charge in [-0.25, -0.2) is 8.42 Å². The maximum absolute atomic E-state index is 12.4. The van der Waals surface area contributed by atoms with Gasteiger partial charge in [0.15, 0.2) is 15.6 Å². The molecule has 8 heteroatoms. The van der Waals surface area contributed by atoms with Gasteiger partial charge in [0, 0.05) is 18.9 Å². The van der Waals surface area contributed by atoms with Crippen LogP contribution < -0.4 is 5.73 Å². The molecule has 1 aliphatic heterocycles. The zero-order chi connectivity index (χ0) is 14.8. The molecule has 0 aromatic heterocycles. The zero-order valence-corrected chi connectivity index (χ0v) is 12.4. The first-order valence-corrected chi connectivity index (χ1v) is 8.42. The Balaban J connectivity index is 2.06. The Kier molecular flexibility index (Phi) is 4.68. The van der Waals surface area contributed by atoms with Crippen LogP contribution in [0.15, 0.2) is 0 Å². The molecule has 2 aliphatic rings. The van der Waals surface area contributed by atoms with Gasteiger partial charge in [-0.15, -0.1) is 0 Å². The largest absolute Gasteiger partial charge is 0.469 e. The summed E-state index contributed by atoms with van der Waals surface area (Å²) in [6, 6.07) is -0.448. The van der Waals surface area contributed by atoms with Crippen LogP contribution in [0.1, 0.15) is 25.7 Å². The van der Waals surface area contributed by atoms with Crippen molar-refractivity contribution in [3.05, 3.63) is 0 Å². The van der Waals surface area contributed by atoms with Crippen LogP contribution in [-0.2, 0) is 28.8 Å². The van der Waals surface area contributed by atoms with Crippen LogP contribution in [0.25, 0.3) is 0 Å². The molecule has 20 heavy (non-hydrogen) atoms. The second-order valence-corrected chi connectivity index (χ2v) is 7.59. The van der Waals surface area contributed by atoms with E-state index in [0.29, 0.717) is 26.1 Å². The third-order valence-electron chi connectivity index (χ3n) is 3.94. The van der Waals surface area contributed by atoms with E-state index in [0.717, 1.165) is 0 Å². The van der Waals surface area contributed by atoms with Crippen LogP contribution in [0.5, 0.6) is 0 Å². The van der Waals surface area contributed by atoms with Gasteiger partial charge in [0.25, 0.3) is 0 Å². The maximum atomic E-state index is 12.4. The minimum Gasteiger partial charge on any atom is -0.469 e. The van der Waals surface area contributed by atoms with Gasteiger partial charge in [-0.3, -0.25) is 4.79 Å². The Hall–Kier alpha value is -0.700. The van der Waals surface area contributed by atoms with Crippen LogP contribution in [0.4, 0.5) is 0 Å². The van der Waals surface area contributed by atoms with Gasteiger partial charge in [-0.05, 0) is 6.42 Å². The first kappa shape index (κ1) is 15.7. The van der Waals surface area contributed by atoms with E-state index >= 15 is 0 Å². The lowest BCUT2D eigenvalue weighted by atomic mass is 9.90. The highest BCUT2D eigenvalue weighted by Crippen LogP contribution is 2.38. The van der Waals surface area contributed by atoms with Crippen molar-refractivity contribution in [3.8, 4) is 0 Å². The van der Waals surface area contributed by atoms with Crippen LogP contribution >= 0.6 is 0 Å². The lowest BCUT2D eigenvalue weighted by Crippen LogP contribution is -2.52. The number of nitrogens with two attached hydrogens (primary N) is 1. The van der Waals surface area contributed by atoms with E-state index < -0.39 is 32.9 Å². The van der Waals surface area contributed by atoms with Crippen molar-refractivity contribution >= 4 is 15.8 Å². The van der Waals surface area contributed by atoms with Gasteiger partial charge >= 0.3 is 5.97 Å². The normalized spacial score (nSPS) is 29.5. The summed E-state index contributed by atoms with van der Waals surface area (Å²) in [5, 5.41) is -0.737. The lowest BCUT2D eigenvalue weighted by molar-refractivity contribution is -0.177. The number of sulfone groups is 1. The second-order valence-electron chi connectivity index (χ2n) is 5.25. The third-order valence-corrected chi connectivity index (χ3v) is 6.15. The summed E-state index contributed by atoms with van der Waals surface area (Å²) in [6.45, 7) is 0.953. The van der Waals surface area contributed by atoms with Gasteiger partial charge in [0.1, 0.15) is 0 Å². The average Bonchev–Trinajstić information content (AvgIpc) is 2.87. The second kappa shape index (κ2) is 5.97. The first-order valence-electron chi connectivity index (χ1n) is 6.70. The highest BCUT2D eigenvalue weighted by molar-refractivity contribution is 7.92. The lowest BCUT2D eigenvalue weighted by Gasteiger charge is -2.39. The number of hydrogen-bond donors (Lipinski definition) is 1. The smallest absolute Gasteiger partial charge is 0.306 e. The minimum absolute atomic E-state index is 0.156. The number of carbonyl (C=O) groups excluding carboxylic acids is 1. The average molecular weight is 307 g/mol. The molecule has 1 saturated heterocycles. The topological polar surface area (TPSA) is 105 Å². The number of rotatable bonds is 4. The minimum atomic E-state index is -3.49. The Bertz CT molecular complexity index is 457. The van der Waals surface area contributed by atoms with E-state index in [-0.39, 0.29) is 18.6 Å². The van der Waals surface area contributed by atoms with Crippen molar-refractivity contribution in [2.45, 2.75) is 42.8 Å². The van der Waals surface area contributed by atoms with E-state index in [1.807, 2.05) is 0 Å². The van der Waals surface area contributed by atoms with Crippen molar-refractivity contribution in [2.24, 2.45) is 5.73 Å². The van der Waals surface area contributed by atoms with Crippen molar-refractivity contribution in [1.29, 1.82) is 0 Å². The van der Waals surface area contributed by atoms with E-state index in [4.69, 9.17) is 15.2 Å². The van der Waals surface area contributed by atoms with Crippen LogP contribution in [-0.4, -0.2) is 57.5 Å². The van der Waals surface area contributed by atoms with Gasteiger partial charge in [0.2, 0.25) is 0 Å². The summed E-state index contributed by atoms with van der Waals surface area (Å²) in [5.41, 5.74) is 5.95. The predicted octanol–water partition coefficient (Wildman–Crippen LogP) is -0.413. The fourth-order valence-corrected chi connectivity index (χ4v) is 4.69. The standard InChI is InChI=1S/C12H21NO6S/c1-17-11(14)3-7-20(15,16)10-8-12(4-2-9(10)13)18-5-6-19-12/h9-10H,2-8,13H2,1H3. The fraction of sp³-hybridized carbons (Fsp3) is 0.917. The molecule has 2 atom stereocenters. The number of methoxy groups -OCH3 is 1. The summed E-state index contributed by atoms with van der Waals surface area (Å²) in [6.07, 6.45) is 1.22. The molecule has 0 aromatic carbocycles. The maximum Gasteiger partial charge on any atom is 0.306 e. The molecule has 2 rings (SSSR count). The Morgan fingerprint density at radius 2 is 2.05 bits per heavy atom. The van der Waals surface area contributed by atoms with Crippen LogP contribution in [0.2, 0.25) is 0 Å². The third kappa shape index (κ3) is 3.30. The molecule has 1 heterocycles. The highest BCUT2D eigenvalue weighted by Gasteiger charge is 2.48. The predicted molar refractivity (Wildman–Crippen MR) is 70.7 cm³/mol. The number of esters is 1. The molecule has 1 spiro atoms. The van der Waals surface area contributed by atoms with E-state index in [1.54, 1.807) is 0 Å². The molecule has 1 saturated carbocycles. The van der Waals surface area contributed by atoms with Crippen LogP contribution in [0, 0.1) is 0 Å². The fourth-order valence-electron chi connectivity index (χ4n) is 2.76. The Labute approximate surface area is 118 Å². The molecule has 2 fully saturated rings. The molecule has 2 N–H and O–H groups in total. The van der Waals surface area contributed by atoms with Gasteiger partial charge in [0.05, 0.1) is 37.7 Å². The quantitative estimate of drug-likeness (QED) is 0.704. The molecule has 0 amide bonds. The zero-order valence-electron chi connectivity index (χ0n) is 11.5. The number of ether oxygens (including phenoxy) is 3. The van der Waals surface area contributed by atoms with Crippen molar-refractivity contribution in [3.63, 3.8) is 0 Å². The summed E-state index contributed by atoms with van der Waals surface area (Å²) >= 11 is 0. The Morgan fingerprint density at radius 1 is 1.40 bits per heavy atom. The first-order chi connectivity index (χ1) is 9.38. The molecule has 7 nitrogen and oxygen atoms in total. The van der Waals surface area contributed by atoms with Gasteiger partial charge in [-0.1, -0.05) is 0 Å². The molecule has 2 unspecified atom stereocenters. The molecular formula is C12H21NO6S. The number of carbonyl (C=O) groups is 1. The summed E-state index contributed by atoms with van der Waals surface area (Å²) < 4.78 is 40.3. The molecule has 0 radical (unpaired) electrons. The van der Waals surface area contributed by atoms with Gasteiger partial charge in [-0.2, -0.15) is 0 Å². The molecular weight excluding hydrogens is 286 g/mol.